The van der Waals surface area contributed by atoms with E-state index in [1.54, 1.807) is 36.4 Å². The van der Waals surface area contributed by atoms with Gasteiger partial charge in [0.1, 0.15) is 11.6 Å². The molecule has 1 atom stereocenters. The van der Waals surface area contributed by atoms with Gasteiger partial charge in [-0.2, -0.15) is 5.10 Å². The number of urea groups is 1. The first-order chi connectivity index (χ1) is 17.5. The summed E-state index contributed by atoms with van der Waals surface area (Å²) in [6, 6.07) is 5.75. The van der Waals surface area contributed by atoms with Gasteiger partial charge < -0.3 is 15.0 Å². The lowest BCUT2D eigenvalue weighted by Crippen LogP contribution is -2.44. The van der Waals surface area contributed by atoms with Crippen molar-refractivity contribution in [3.63, 3.8) is 0 Å². The van der Waals surface area contributed by atoms with Crippen molar-refractivity contribution in [3.8, 4) is 11.4 Å². The van der Waals surface area contributed by atoms with Gasteiger partial charge in [-0.25, -0.2) is 19.7 Å². The molecule has 1 saturated heterocycles. The molecule has 2 N–H and O–H groups in total. The van der Waals surface area contributed by atoms with Crippen molar-refractivity contribution in [2.45, 2.75) is 48.6 Å². The van der Waals surface area contributed by atoms with Crippen molar-refractivity contribution < 1.29 is 9.53 Å². The first-order valence-corrected chi connectivity index (χ1v) is 13.3. The molecule has 0 bridgehead atoms. The molecule has 3 fully saturated rings. The lowest BCUT2D eigenvalue weighted by atomic mass is 10.2. The van der Waals surface area contributed by atoms with E-state index in [0.717, 1.165) is 41.7 Å². The first-order valence-electron chi connectivity index (χ1n) is 12.4. The zero-order chi connectivity index (χ0) is 24.7. The summed E-state index contributed by atoms with van der Waals surface area (Å²) in [5, 5.41) is 10.3. The maximum atomic E-state index is 12.3. The minimum absolute atomic E-state index is 0.114. The summed E-state index contributed by atoms with van der Waals surface area (Å²) < 4.78 is 7.40. The molecule has 3 aromatic rings. The third-order valence-electron chi connectivity index (χ3n) is 6.69. The van der Waals surface area contributed by atoms with Crippen molar-refractivity contribution in [3.05, 3.63) is 42.5 Å². The van der Waals surface area contributed by atoms with Crippen LogP contribution in [0.1, 0.15) is 38.3 Å². The largest absolute Gasteiger partial charge is 0.377 e. The van der Waals surface area contributed by atoms with E-state index in [2.05, 4.69) is 50.4 Å². The predicted octanol–water partition coefficient (Wildman–Crippen LogP) is 4.03. The Bertz CT molecular complexity index is 1260. The second-order valence-corrected chi connectivity index (χ2v) is 11.5. The highest BCUT2D eigenvalue weighted by Crippen LogP contribution is 2.61. The summed E-state index contributed by atoms with van der Waals surface area (Å²) in [5.74, 6) is 2.07. The Hall–Kier alpha value is -3.18. The average molecular weight is 507 g/mol. The fraction of sp³-hybridized carbons (Fsp3) is 0.480. The number of hydrogen-bond acceptors (Lipinski definition) is 8. The molecular weight excluding hydrogens is 476 g/mol. The number of carbonyl (C=O) groups excluding carboxylic acids is 1. The average Bonchev–Trinajstić information content (AvgIpc) is 3.81. The van der Waals surface area contributed by atoms with Gasteiger partial charge in [-0.15, -0.1) is 11.8 Å². The Balaban J connectivity index is 1.25. The van der Waals surface area contributed by atoms with Gasteiger partial charge in [0.25, 0.3) is 0 Å². The van der Waals surface area contributed by atoms with Crippen molar-refractivity contribution >= 4 is 35.1 Å². The number of hydrogen-bond donors (Lipinski definition) is 2. The predicted molar refractivity (Wildman–Crippen MR) is 140 cm³/mol. The molecule has 0 radical (unpaired) electrons. The zero-order valence-corrected chi connectivity index (χ0v) is 21.3. The first kappa shape index (κ1) is 23.2. The second-order valence-electron chi connectivity index (χ2n) is 9.78. The van der Waals surface area contributed by atoms with Crippen LogP contribution < -0.4 is 15.5 Å². The minimum Gasteiger partial charge on any atom is -0.377 e. The summed E-state index contributed by atoms with van der Waals surface area (Å²) in [6.07, 6.45) is 9.97. The smallest absolute Gasteiger partial charge is 0.324 e. The SMILES string of the molecule is CC1COCCN1c1cc(C2(SC3CC3)CC2)nc(-c2ccc(NC(=O)Nc3cnn(C)c3)nc2)n1. The van der Waals surface area contributed by atoms with Crippen molar-refractivity contribution in [2.75, 3.05) is 35.3 Å². The van der Waals surface area contributed by atoms with Gasteiger partial charge in [0.2, 0.25) is 0 Å². The molecule has 1 unspecified atom stereocenters. The number of nitrogens with zero attached hydrogens (tertiary/aromatic N) is 6. The van der Waals surface area contributed by atoms with Crippen molar-refractivity contribution in [1.82, 2.24) is 24.7 Å². The highest BCUT2D eigenvalue weighted by atomic mass is 32.2. The molecule has 3 aliphatic rings. The number of carbonyl (C=O) groups is 1. The number of ether oxygens (including phenoxy) is 1. The van der Waals surface area contributed by atoms with Crippen LogP contribution in [0, 0.1) is 0 Å². The fourth-order valence-corrected chi connectivity index (χ4v) is 6.00. The molecule has 10 nitrogen and oxygen atoms in total. The molecule has 6 rings (SSSR count). The molecular formula is C25H30N8O2S. The summed E-state index contributed by atoms with van der Waals surface area (Å²) in [6.45, 7) is 4.38. The molecule has 188 valence electrons. The number of amides is 2. The maximum Gasteiger partial charge on any atom is 0.324 e. The quantitative estimate of drug-likeness (QED) is 0.494. The third kappa shape index (κ3) is 5.03. The monoisotopic (exact) mass is 506 g/mol. The number of morpholine rings is 1. The molecule has 2 amide bonds. The van der Waals surface area contributed by atoms with E-state index >= 15 is 0 Å². The fourth-order valence-electron chi connectivity index (χ4n) is 4.43. The number of nitrogens with one attached hydrogen (secondary N) is 2. The number of rotatable bonds is 7. The standard InChI is InChI=1S/C25H30N8O2S/c1-16-15-35-10-9-33(16)22-11-20(25(7-8-25)36-19-4-5-19)29-23(31-22)17-3-6-21(26-12-17)30-24(34)28-18-13-27-32(2)14-18/h3,6,11-14,16,19H,4-5,7-10,15H2,1-2H3,(H2,26,28,30,34). The molecule has 11 heteroatoms. The van der Waals surface area contributed by atoms with Crippen LogP contribution in [0.25, 0.3) is 11.4 Å². The summed E-state index contributed by atoms with van der Waals surface area (Å²) in [7, 11) is 1.79. The molecule has 3 aromatic heterocycles. The second kappa shape index (κ2) is 9.36. The van der Waals surface area contributed by atoms with Crippen LogP contribution in [-0.4, -0.2) is 61.8 Å². The molecule has 36 heavy (non-hydrogen) atoms. The minimum atomic E-state index is -0.377. The molecule has 4 heterocycles. The van der Waals surface area contributed by atoms with Crippen LogP contribution in [0.15, 0.2) is 36.8 Å². The molecule has 1 aliphatic heterocycles. The van der Waals surface area contributed by atoms with E-state index in [1.165, 1.54) is 12.8 Å². The van der Waals surface area contributed by atoms with Crippen LogP contribution in [0.5, 0.6) is 0 Å². The van der Waals surface area contributed by atoms with Crippen LogP contribution in [0.2, 0.25) is 0 Å². The van der Waals surface area contributed by atoms with E-state index in [9.17, 15) is 4.79 Å². The summed E-state index contributed by atoms with van der Waals surface area (Å²) >= 11 is 2.09. The van der Waals surface area contributed by atoms with Gasteiger partial charge in [0.15, 0.2) is 5.82 Å². The normalized spacial score (nSPS) is 20.7. The van der Waals surface area contributed by atoms with Crippen molar-refractivity contribution in [2.24, 2.45) is 7.05 Å². The van der Waals surface area contributed by atoms with E-state index in [0.29, 0.717) is 30.5 Å². The van der Waals surface area contributed by atoms with Gasteiger partial charge in [-0.1, -0.05) is 0 Å². The lowest BCUT2D eigenvalue weighted by Gasteiger charge is -2.34. The lowest BCUT2D eigenvalue weighted by molar-refractivity contribution is 0.0985. The highest BCUT2D eigenvalue weighted by molar-refractivity contribution is 8.01. The Labute approximate surface area is 214 Å². The van der Waals surface area contributed by atoms with Crippen LogP contribution >= 0.6 is 11.8 Å². The number of pyridine rings is 1. The van der Waals surface area contributed by atoms with Gasteiger partial charge in [0, 0.05) is 42.9 Å². The van der Waals surface area contributed by atoms with E-state index < -0.39 is 0 Å². The van der Waals surface area contributed by atoms with Crippen LogP contribution in [0.4, 0.5) is 22.1 Å². The molecule has 0 aromatic carbocycles. The highest BCUT2D eigenvalue weighted by Gasteiger charge is 2.50. The topological polar surface area (TPSA) is 110 Å². The van der Waals surface area contributed by atoms with E-state index in [1.807, 2.05) is 6.07 Å². The summed E-state index contributed by atoms with van der Waals surface area (Å²) in [5.41, 5.74) is 2.56. The molecule has 0 spiro atoms. The summed E-state index contributed by atoms with van der Waals surface area (Å²) in [4.78, 5) is 29.1. The zero-order valence-electron chi connectivity index (χ0n) is 20.5. The van der Waals surface area contributed by atoms with Crippen molar-refractivity contribution in [1.29, 1.82) is 0 Å². The van der Waals surface area contributed by atoms with Crippen LogP contribution in [0.3, 0.4) is 0 Å². The molecule has 2 saturated carbocycles. The van der Waals surface area contributed by atoms with Gasteiger partial charge >= 0.3 is 6.03 Å². The van der Waals surface area contributed by atoms with Gasteiger partial charge in [0.05, 0.1) is 41.6 Å². The van der Waals surface area contributed by atoms with E-state index in [-0.39, 0.29) is 16.8 Å². The van der Waals surface area contributed by atoms with Gasteiger partial charge in [-0.3, -0.25) is 10.00 Å². The number of aryl methyl sites for hydroxylation is 1. The maximum absolute atomic E-state index is 12.3. The molecule has 2 aliphatic carbocycles. The van der Waals surface area contributed by atoms with Gasteiger partial charge in [-0.05, 0) is 44.7 Å². The number of aromatic nitrogens is 5. The Morgan fingerprint density at radius 1 is 1.19 bits per heavy atom. The third-order valence-corrected chi connectivity index (χ3v) is 8.56. The Morgan fingerprint density at radius 3 is 2.72 bits per heavy atom. The number of thioether (sulfide) groups is 1. The van der Waals surface area contributed by atoms with E-state index in [4.69, 9.17) is 14.7 Å². The number of anilines is 3. The van der Waals surface area contributed by atoms with Crippen LogP contribution in [-0.2, 0) is 16.5 Å². The Morgan fingerprint density at radius 2 is 2.06 bits per heavy atom. The Kier molecular flexibility index (Phi) is 6.04.